The fourth-order valence-corrected chi connectivity index (χ4v) is 1.28. The molecule has 0 aliphatic rings. The molecular formula is C9H20N2O2. The number of hydrogen-bond acceptors (Lipinski definition) is 4. The van der Waals surface area contributed by atoms with Crippen LogP contribution < -0.4 is 11.3 Å². The Kier molecular flexibility index (Phi) is 6.54. The summed E-state index contributed by atoms with van der Waals surface area (Å²) in [6.45, 7) is 6.83. The van der Waals surface area contributed by atoms with Crippen molar-refractivity contribution in [2.45, 2.75) is 27.2 Å². The van der Waals surface area contributed by atoms with E-state index in [1.807, 2.05) is 0 Å². The van der Waals surface area contributed by atoms with Crippen molar-refractivity contribution in [2.24, 2.45) is 17.7 Å². The lowest BCUT2D eigenvalue weighted by Gasteiger charge is -2.17. The zero-order valence-electron chi connectivity index (χ0n) is 8.67. The molecule has 78 valence electrons. The number of carbonyl (C=O) groups excluding carboxylic acids is 1. The molecule has 0 rings (SSSR count). The van der Waals surface area contributed by atoms with Crippen LogP contribution in [-0.4, -0.2) is 19.1 Å². The first-order chi connectivity index (χ1) is 6.06. The van der Waals surface area contributed by atoms with E-state index >= 15 is 0 Å². The standard InChI is InChI=1S/C9H20N2O2/c1-7(2)4-9(5-11-10)6-13-8(3)12/h7,9,11H,4-6,10H2,1-3H3. The third-order valence-electron chi connectivity index (χ3n) is 1.73. The molecule has 0 saturated carbocycles. The van der Waals surface area contributed by atoms with E-state index < -0.39 is 0 Å². The Morgan fingerprint density at radius 2 is 2.15 bits per heavy atom. The highest BCUT2D eigenvalue weighted by atomic mass is 16.5. The second kappa shape index (κ2) is 6.86. The molecule has 4 heteroatoms. The van der Waals surface area contributed by atoms with Crippen molar-refractivity contribution in [2.75, 3.05) is 13.2 Å². The predicted molar refractivity (Wildman–Crippen MR) is 51.8 cm³/mol. The summed E-state index contributed by atoms with van der Waals surface area (Å²) in [5.41, 5.74) is 2.61. The van der Waals surface area contributed by atoms with Crippen molar-refractivity contribution in [1.29, 1.82) is 0 Å². The Labute approximate surface area is 79.8 Å². The number of hydrogen-bond donors (Lipinski definition) is 2. The maximum absolute atomic E-state index is 10.6. The van der Waals surface area contributed by atoms with Crippen LogP contribution in [0.3, 0.4) is 0 Å². The molecule has 0 saturated heterocycles. The number of rotatable bonds is 6. The van der Waals surface area contributed by atoms with Crippen LogP contribution in [0.1, 0.15) is 27.2 Å². The molecule has 0 aromatic heterocycles. The summed E-state index contributed by atoms with van der Waals surface area (Å²) < 4.78 is 4.92. The Morgan fingerprint density at radius 3 is 2.54 bits per heavy atom. The molecule has 13 heavy (non-hydrogen) atoms. The van der Waals surface area contributed by atoms with Gasteiger partial charge in [-0.15, -0.1) is 0 Å². The molecule has 0 aromatic carbocycles. The molecule has 0 bridgehead atoms. The summed E-state index contributed by atoms with van der Waals surface area (Å²) in [6.07, 6.45) is 1.01. The van der Waals surface area contributed by atoms with Crippen LogP contribution in [0.5, 0.6) is 0 Å². The van der Waals surface area contributed by atoms with Gasteiger partial charge in [0.15, 0.2) is 0 Å². The van der Waals surface area contributed by atoms with E-state index in [4.69, 9.17) is 10.6 Å². The third-order valence-corrected chi connectivity index (χ3v) is 1.73. The van der Waals surface area contributed by atoms with Crippen molar-refractivity contribution < 1.29 is 9.53 Å². The zero-order chi connectivity index (χ0) is 10.3. The lowest BCUT2D eigenvalue weighted by Crippen LogP contribution is -2.32. The number of carbonyl (C=O) groups is 1. The van der Waals surface area contributed by atoms with Crippen LogP contribution in [-0.2, 0) is 9.53 Å². The first kappa shape index (κ1) is 12.4. The molecule has 0 aromatic rings. The minimum absolute atomic E-state index is 0.231. The van der Waals surface area contributed by atoms with Gasteiger partial charge in [0.25, 0.3) is 0 Å². The topological polar surface area (TPSA) is 64.3 Å². The largest absolute Gasteiger partial charge is 0.466 e. The van der Waals surface area contributed by atoms with Crippen LogP contribution in [0.4, 0.5) is 0 Å². The Hall–Kier alpha value is -0.610. The van der Waals surface area contributed by atoms with E-state index in [1.165, 1.54) is 6.92 Å². The monoisotopic (exact) mass is 188 g/mol. The summed E-state index contributed by atoms with van der Waals surface area (Å²) in [7, 11) is 0. The first-order valence-corrected chi connectivity index (χ1v) is 4.63. The SMILES string of the molecule is CC(=O)OCC(CNN)CC(C)C. The number of hydrazine groups is 1. The summed E-state index contributed by atoms with van der Waals surface area (Å²) in [6, 6.07) is 0. The van der Waals surface area contributed by atoms with Gasteiger partial charge >= 0.3 is 5.97 Å². The van der Waals surface area contributed by atoms with E-state index in [0.717, 1.165) is 6.42 Å². The van der Waals surface area contributed by atoms with Gasteiger partial charge in [-0.3, -0.25) is 16.1 Å². The molecule has 0 aliphatic carbocycles. The number of esters is 1. The molecule has 0 spiro atoms. The van der Waals surface area contributed by atoms with Crippen LogP contribution in [0.25, 0.3) is 0 Å². The van der Waals surface area contributed by atoms with Crippen LogP contribution >= 0.6 is 0 Å². The summed E-state index contributed by atoms with van der Waals surface area (Å²) in [5, 5.41) is 0. The van der Waals surface area contributed by atoms with Gasteiger partial charge in [-0.2, -0.15) is 0 Å². The fraction of sp³-hybridized carbons (Fsp3) is 0.889. The highest BCUT2D eigenvalue weighted by molar-refractivity contribution is 5.65. The molecule has 4 nitrogen and oxygen atoms in total. The van der Waals surface area contributed by atoms with Gasteiger partial charge in [-0.25, -0.2) is 0 Å². The molecule has 1 unspecified atom stereocenters. The minimum Gasteiger partial charge on any atom is -0.466 e. The third kappa shape index (κ3) is 7.74. The van der Waals surface area contributed by atoms with Crippen LogP contribution in [0.2, 0.25) is 0 Å². The van der Waals surface area contributed by atoms with Crippen molar-refractivity contribution in [3.05, 3.63) is 0 Å². The van der Waals surface area contributed by atoms with Crippen molar-refractivity contribution in [3.8, 4) is 0 Å². The summed E-state index contributed by atoms with van der Waals surface area (Å²) >= 11 is 0. The molecule has 0 heterocycles. The van der Waals surface area contributed by atoms with Crippen LogP contribution in [0.15, 0.2) is 0 Å². The smallest absolute Gasteiger partial charge is 0.302 e. The van der Waals surface area contributed by atoms with Gasteiger partial charge in [-0.05, 0) is 12.3 Å². The van der Waals surface area contributed by atoms with Gasteiger partial charge in [0.2, 0.25) is 0 Å². The van der Waals surface area contributed by atoms with E-state index in [1.54, 1.807) is 0 Å². The van der Waals surface area contributed by atoms with Gasteiger partial charge in [0, 0.05) is 19.4 Å². The van der Waals surface area contributed by atoms with Gasteiger partial charge in [-0.1, -0.05) is 13.8 Å². The molecule has 3 N–H and O–H groups in total. The molecular weight excluding hydrogens is 168 g/mol. The first-order valence-electron chi connectivity index (χ1n) is 4.63. The van der Waals surface area contributed by atoms with E-state index in [9.17, 15) is 4.79 Å². The lowest BCUT2D eigenvalue weighted by atomic mass is 9.98. The zero-order valence-corrected chi connectivity index (χ0v) is 8.67. The Morgan fingerprint density at radius 1 is 1.54 bits per heavy atom. The van der Waals surface area contributed by atoms with E-state index in [-0.39, 0.29) is 5.97 Å². The van der Waals surface area contributed by atoms with Crippen molar-refractivity contribution in [1.82, 2.24) is 5.43 Å². The van der Waals surface area contributed by atoms with Crippen molar-refractivity contribution in [3.63, 3.8) is 0 Å². The van der Waals surface area contributed by atoms with Gasteiger partial charge in [0.05, 0.1) is 6.61 Å². The average Bonchev–Trinajstić information content (AvgIpc) is 1.99. The normalized spacial score (nSPS) is 13.0. The molecule has 0 amide bonds. The highest BCUT2D eigenvalue weighted by Crippen LogP contribution is 2.11. The van der Waals surface area contributed by atoms with E-state index in [2.05, 4.69) is 19.3 Å². The predicted octanol–water partition coefficient (Wildman–Crippen LogP) is 0.675. The second-order valence-corrected chi connectivity index (χ2v) is 3.71. The Balaban J connectivity index is 3.72. The number of ether oxygens (including phenoxy) is 1. The van der Waals surface area contributed by atoms with Gasteiger partial charge in [0.1, 0.15) is 0 Å². The maximum Gasteiger partial charge on any atom is 0.302 e. The molecule has 0 aliphatic heterocycles. The molecule has 0 fully saturated rings. The number of nitrogens with two attached hydrogens (primary N) is 1. The molecule has 1 atom stereocenters. The van der Waals surface area contributed by atoms with Crippen LogP contribution in [0, 0.1) is 11.8 Å². The Bertz CT molecular complexity index is 149. The number of nitrogens with one attached hydrogen (secondary N) is 1. The maximum atomic E-state index is 10.6. The second-order valence-electron chi connectivity index (χ2n) is 3.71. The quantitative estimate of drug-likeness (QED) is 0.365. The van der Waals surface area contributed by atoms with E-state index in [0.29, 0.717) is 25.0 Å². The molecule has 0 radical (unpaired) electrons. The minimum atomic E-state index is -0.231. The average molecular weight is 188 g/mol. The summed E-state index contributed by atoms with van der Waals surface area (Å²) in [4.78, 5) is 10.6. The summed E-state index contributed by atoms with van der Waals surface area (Å²) in [5.74, 6) is 5.90. The highest BCUT2D eigenvalue weighted by Gasteiger charge is 2.11. The van der Waals surface area contributed by atoms with Crippen molar-refractivity contribution >= 4 is 5.97 Å². The van der Waals surface area contributed by atoms with Gasteiger partial charge < -0.3 is 4.74 Å². The lowest BCUT2D eigenvalue weighted by molar-refractivity contribution is -0.142. The fourth-order valence-electron chi connectivity index (χ4n) is 1.28.